The molecule has 80 valence electrons. The van der Waals surface area contributed by atoms with Crippen molar-refractivity contribution >= 4 is 17.3 Å². The molecular formula is C9H10N2O4. The average Bonchev–Trinajstić information content (AvgIpc) is 2.20. The quantitative estimate of drug-likeness (QED) is 0.571. The SMILES string of the molecule is Cc1ccc(NC(=O)CO)cc1[N+](=O)[O-]. The normalized spacial score (nSPS) is 9.73. The fraction of sp³-hybridized carbons (Fsp3) is 0.222. The lowest BCUT2D eigenvalue weighted by Gasteiger charge is -2.03. The second-order valence-corrected chi connectivity index (χ2v) is 2.96. The van der Waals surface area contributed by atoms with Gasteiger partial charge in [-0.15, -0.1) is 0 Å². The molecule has 1 rings (SSSR count). The second-order valence-electron chi connectivity index (χ2n) is 2.96. The largest absolute Gasteiger partial charge is 0.387 e. The van der Waals surface area contributed by atoms with Crippen molar-refractivity contribution in [2.45, 2.75) is 6.92 Å². The van der Waals surface area contributed by atoms with Crippen LogP contribution in [0.3, 0.4) is 0 Å². The van der Waals surface area contributed by atoms with E-state index < -0.39 is 17.4 Å². The minimum Gasteiger partial charge on any atom is -0.387 e. The van der Waals surface area contributed by atoms with Gasteiger partial charge in [-0.25, -0.2) is 0 Å². The lowest BCUT2D eigenvalue weighted by Crippen LogP contribution is -2.15. The maximum Gasteiger partial charge on any atom is 0.274 e. The number of hydrogen-bond donors (Lipinski definition) is 2. The predicted octanol–water partition coefficient (Wildman–Crippen LogP) is 0.834. The van der Waals surface area contributed by atoms with Crippen molar-refractivity contribution in [2.24, 2.45) is 0 Å². The van der Waals surface area contributed by atoms with Crippen molar-refractivity contribution in [1.29, 1.82) is 0 Å². The molecule has 6 heteroatoms. The molecule has 15 heavy (non-hydrogen) atoms. The summed E-state index contributed by atoms with van der Waals surface area (Å²) in [6.07, 6.45) is 0. The van der Waals surface area contributed by atoms with Crippen molar-refractivity contribution in [3.05, 3.63) is 33.9 Å². The van der Waals surface area contributed by atoms with Crippen LogP contribution >= 0.6 is 0 Å². The summed E-state index contributed by atoms with van der Waals surface area (Å²) in [5.41, 5.74) is 0.749. The van der Waals surface area contributed by atoms with Crippen LogP contribution in [-0.2, 0) is 4.79 Å². The Labute approximate surface area is 85.7 Å². The Morgan fingerprint density at radius 3 is 2.80 bits per heavy atom. The number of hydrogen-bond acceptors (Lipinski definition) is 4. The van der Waals surface area contributed by atoms with Crippen LogP contribution in [0.25, 0.3) is 0 Å². The van der Waals surface area contributed by atoms with Crippen LogP contribution in [0.4, 0.5) is 11.4 Å². The molecule has 0 atom stereocenters. The molecule has 6 nitrogen and oxygen atoms in total. The van der Waals surface area contributed by atoms with Gasteiger partial charge in [0.05, 0.1) is 4.92 Å². The number of aliphatic hydroxyl groups excluding tert-OH is 1. The summed E-state index contributed by atoms with van der Waals surface area (Å²) in [4.78, 5) is 20.9. The van der Waals surface area contributed by atoms with Crippen LogP contribution in [0, 0.1) is 17.0 Å². The van der Waals surface area contributed by atoms with Gasteiger partial charge in [0, 0.05) is 17.3 Å². The van der Waals surface area contributed by atoms with Crippen LogP contribution in [0.15, 0.2) is 18.2 Å². The van der Waals surface area contributed by atoms with Gasteiger partial charge in [-0.2, -0.15) is 0 Å². The number of anilines is 1. The summed E-state index contributed by atoms with van der Waals surface area (Å²) in [6, 6.07) is 4.32. The Morgan fingerprint density at radius 2 is 2.27 bits per heavy atom. The summed E-state index contributed by atoms with van der Waals surface area (Å²) in [6.45, 7) is 0.956. The van der Waals surface area contributed by atoms with Gasteiger partial charge in [-0.05, 0) is 13.0 Å². The lowest BCUT2D eigenvalue weighted by molar-refractivity contribution is -0.385. The van der Waals surface area contributed by atoms with Crippen LogP contribution in [0.1, 0.15) is 5.56 Å². The molecule has 0 fully saturated rings. The number of benzene rings is 1. The van der Waals surface area contributed by atoms with E-state index >= 15 is 0 Å². The van der Waals surface area contributed by atoms with Crippen molar-refractivity contribution in [2.75, 3.05) is 11.9 Å². The van der Waals surface area contributed by atoms with E-state index in [2.05, 4.69) is 5.32 Å². The van der Waals surface area contributed by atoms with E-state index in [4.69, 9.17) is 5.11 Å². The Balaban J connectivity index is 2.97. The molecule has 1 aromatic rings. The maximum atomic E-state index is 10.8. The number of carbonyl (C=O) groups is 1. The zero-order valence-corrected chi connectivity index (χ0v) is 8.06. The zero-order chi connectivity index (χ0) is 11.4. The Morgan fingerprint density at radius 1 is 1.60 bits per heavy atom. The minimum absolute atomic E-state index is 0.0641. The molecule has 0 aromatic heterocycles. The van der Waals surface area contributed by atoms with E-state index in [1.165, 1.54) is 18.2 Å². The number of aryl methyl sites for hydroxylation is 1. The third-order valence-electron chi connectivity index (χ3n) is 1.83. The van der Waals surface area contributed by atoms with Gasteiger partial charge in [0.2, 0.25) is 5.91 Å². The van der Waals surface area contributed by atoms with Gasteiger partial charge >= 0.3 is 0 Å². The number of carbonyl (C=O) groups excluding carboxylic acids is 1. The van der Waals surface area contributed by atoms with Gasteiger partial charge in [0.1, 0.15) is 6.61 Å². The van der Waals surface area contributed by atoms with E-state index in [0.29, 0.717) is 11.3 Å². The molecule has 0 aliphatic heterocycles. The summed E-state index contributed by atoms with van der Waals surface area (Å²) in [5.74, 6) is -0.604. The van der Waals surface area contributed by atoms with E-state index in [0.717, 1.165) is 0 Å². The number of nitro benzene ring substituents is 1. The number of nitro groups is 1. The van der Waals surface area contributed by atoms with Gasteiger partial charge in [-0.3, -0.25) is 14.9 Å². The van der Waals surface area contributed by atoms with Crippen LogP contribution in [0.5, 0.6) is 0 Å². The number of nitrogens with zero attached hydrogens (tertiary/aromatic N) is 1. The Kier molecular flexibility index (Phi) is 3.35. The lowest BCUT2D eigenvalue weighted by atomic mass is 10.2. The zero-order valence-electron chi connectivity index (χ0n) is 8.06. The molecule has 0 radical (unpaired) electrons. The highest BCUT2D eigenvalue weighted by Gasteiger charge is 2.11. The van der Waals surface area contributed by atoms with Crippen molar-refractivity contribution in [1.82, 2.24) is 0 Å². The number of amides is 1. The van der Waals surface area contributed by atoms with Crippen LogP contribution in [-0.4, -0.2) is 22.5 Å². The fourth-order valence-corrected chi connectivity index (χ4v) is 1.08. The third kappa shape index (κ3) is 2.75. The first kappa shape index (κ1) is 11.1. The molecule has 1 aromatic carbocycles. The second kappa shape index (κ2) is 4.52. The molecule has 0 spiro atoms. The number of aliphatic hydroxyl groups is 1. The first-order valence-electron chi connectivity index (χ1n) is 4.20. The molecule has 0 unspecified atom stereocenters. The van der Waals surface area contributed by atoms with Gasteiger partial charge in [0.25, 0.3) is 5.69 Å². The maximum absolute atomic E-state index is 10.8. The standard InChI is InChI=1S/C9H10N2O4/c1-6-2-3-7(10-9(13)5-12)4-8(6)11(14)15/h2-4,12H,5H2,1H3,(H,10,13). The first-order valence-corrected chi connectivity index (χ1v) is 4.20. The number of nitrogens with one attached hydrogen (secondary N) is 1. The number of rotatable bonds is 3. The smallest absolute Gasteiger partial charge is 0.274 e. The average molecular weight is 210 g/mol. The highest BCUT2D eigenvalue weighted by atomic mass is 16.6. The summed E-state index contributed by atoms with van der Waals surface area (Å²) in [7, 11) is 0. The molecule has 0 saturated carbocycles. The van der Waals surface area contributed by atoms with Crippen molar-refractivity contribution in [3.8, 4) is 0 Å². The first-order chi connectivity index (χ1) is 7.04. The molecule has 2 N–H and O–H groups in total. The fourth-order valence-electron chi connectivity index (χ4n) is 1.08. The molecule has 0 aliphatic carbocycles. The molecular weight excluding hydrogens is 200 g/mol. The Hall–Kier alpha value is -1.95. The monoisotopic (exact) mass is 210 g/mol. The predicted molar refractivity (Wildman–Crippen MR) is 53.5 cm³/mol. The Bertz CT molecular complexity index is 403. The molecule has 0 heterocycles. The van der Waals surface area contributed by atoms with E-state index in [1.807, 2.05) is 0 Å². The van der Waals surface area contributed by atoms with Crippen molar-refractivity contribution in [3.63, 3.8) is 0 Å². The summed E-state index contributed by atoms with van der Waals surface area (Å²) in [5, 5.41) is 21.4. The summed E-state index contributed by atoms with van der Waals surface area (Å²) < 4.78 is 0. The van der Waals surface area contributed by atoms with E-state index in [9.17, 15) is 14.9 Å². The highest BCUT2D eigenvalue weighted by Crippen LogP contribution is 2.21. The minimum atomic E-state index is -0.651. The third-order valence-corrected chi connectivity index (χ3v) is 1.83. The van der Waals surface area contributed by atoms with Gasteiger partial charge in [0.15, 0.2) is 0 Å². The molecule has 0 aliphatic rings. The van der Waals surface area contributed by atoms with Gasteiger partial charge in [-0.1, -0.05) is 6.07 Å². The molecule has 0 saturated heterocycles. The summed E-state index contributed by atoms with van der Waals surface area (Å²) >= 11 is 0. The van der Waals surface area contributed by atoms with Crippen molar-refractivity contribution < 1.29 is 14.8 Å². The topological polar surface area (TPSA) is 92.5 Å². The molecule has 1 amide bonds. The van der Waals surface area contributed by atoms with Gasteiger partial charge < -0.3 is 10.4 Å². The highest BCUT2D eigenvalue weighted by molar-refractivity contribution is 5.91. The van der Waals surface area contributed by atoms with E-state index in [-0.39, 0.29) is 5.69 Å². The van der Waals surface area contributed by atoms with Crippen LogP contribution < -0.4 is 5.32 Å². The van der Waals surface area contributed by atoms with Crippen LogP contribution in [0.2, 0.25) is 0 Å². The molecule has 0 bridgehead atoms. The van der Waals surface area contributed by atoms with E-state index in [1.54, 1.807) is 6.92 Å².